The summed E-state index contributed by atoms with van der Waals surface area (Å²) in [5.41, 5.74) is 1.50. The molecule has 2 amide bonds. The summed E-state index contributed by atoms with van der Waals surface area (Å²) in [6, 6.07) is 18.2. The Morgan fingerprint density at radius 2 is 1.78 bits per heavy atom. The normalized spacial score (nSPS) is 19.1. The smallest absolute Gasteiger partial charge is 0.410 e. The first-order valence-electron chi connectivity index (χ1n) is 13.8. The zero-order valence-corrected chi connectivity index (χ0v) is 23.5. The summed E-state index contributed by atoms with van der Waals surface area (Å²) in [5.74, 6) is 0.477. The van der Waals surface area contributed by atoms with Gasteiger partial charge in [-0.1, -0.05) is 23.7 Å². The molecule has 2 aliphatic rings. The van der Waals surface area contributed by atoms with E-state index in [1.807, 2.05) is 42.2 Å². The number of benzene rings is 2. The molecule has 0 bridgehead atoms. The maximum Gasteiger partial charge on any atom is 0.415 e. The Hall–Kier alpha value is -4.16. The lowest BCUT2D eigenvalue weighted by Gasteiger charge is -2.34. The van der Waals surface area contributed by atoms with E-state index in [0.29, 0.717) is 56.2 Å². The number of hydrogen-bond donors (Lipinski definition) is 0. The fraction of sp³-hybridized carbons (Fsp3) is 0.355. The number of ether oxygens (including phenoxy) is 1. The number of likely N-dealkylation sites (tertiary alicyclic amines) is 1. The Labute approximate surface area is 243 Å². The lowest BCUT2D eigenvalue weighted by Crippen LogP contribution is -2.47. The van der Waals surface area contributed by atoms with Crippen molar-refractivity contribution in [2.45, 2.75) is 31.7 Å². The van der Waals surface area contributed by atoms with E-state index in [4.69, 9.17) is 21.6 Å². The average Bonchev–Trinajstić information content (AvgIpc) is 3.44. The third kappa shape index (κ3) is 6.44. The van der Waals surface area contributed by atoms with Crippen LogP contribution in [-0.4, -0.2) is 65.5 Å². The molecule has 41 heavy (non-hydrogen) atoms. The van der Waals surface area contributed by atoms with Crippen LogP contribution in [0.25, 0.3) is 0 Å². The van der Waals surface area contributed by atoms with Gasteiger partial charge in [0.2, 0.25) is 5.91 Å². The summed E-state index contributed by atoms with van der Waals surface area (Å²) < 4.78 is 18.9. The van der Waals surface area contributed by atoms with Crippen molar-refractivity contribution in [1.29, 1.82) is 5.26 Å². The summed E-state index contributed by atoms with van der Waals surface area (Å²) in [7, 11) is 0. The number of rotatable bonds is 6. The van der Waals surface area contributed by atoms with Crippen LogP contribution in [0, 0.1) is 23.1 Å². The van der Waals surface area contributed by atoms with Crippen molar-refractivity contribution in [3.05, 3.63) is 88.8 Å². The second kappa shape index (κ2) is 12.6. The molecular formula is C31H31ClFN5O3. The lowest BCUT2D eigenvalue weighted by molar-refractivity contribution is -0.135. The van der Waals surface area contributed by atoms with Crippen molar-refractivity contribution in [2.75, 3.05) is 37.6 Å². The van der Waals surface area contributed by atoms with Crippen LogP contribution >= 0.6 is 11.6 Å². The fourth-order valence-electron chi connectivity index (χ4n) is 5.73. The van der Waals surface area contributed by atoms with Crippen molar-refractivity contribution in [3.63, 3.8) is 0 Å². The molecule has 3 heterocycles. The minimum atomic E-state index is -0.541. The van der Waals surface area contributed by atoms with Crippen molar-refractivity contribution in [2.24, 2.45) is 5.92 Å². The first-order chi connectivity index (χ1) is 19.9. The standard InChI is InChI=1S/C31H31ClFN5O3/c1-2-38(31(40)41-26-10-8-25(33)9-11-26)28-20-37(19-27(28)22-4-6-24(32)7-5-22)30(39)23-13-15-36(16-14-23)29-12-3-21(17-34)18-35-29/h3-12,18,23,27-28H,2,13-16,19-20H2,1H3. The summed E-state index contributed by atoms with van der Waals surface area (Å²) in [5, 5.41) is 9.64. The highest BCUT2D eigenvalue weighted by molar-refractivity contribution is 6.30. The monoisotopic (exact) mass is 575 g/mol. The van der Waals surface area contributed by atoms with Gasteiger partial charge in [-0.3, -0.25) is 4.79 Å². The minimum absolute atomic E-state index is 0.0851. The highest BCUT2D eigenvalue weighted by Crippen LogP contribution is 2.35. The number of anilines is 1. The van der Waals surface area contributed by atoms with Crippen LogP contribution in [0.3, 0.4) is 0 Å². The van der Waals surface area contributed by atoms with Gasteiger partial charge >= 0.3 is 6.09 Å². The number of carbonyl (C=O) groups excluding carboxylic acids is 2. The van der Waals surface area contributed by atoms with Gasteiger partial charge in [0.1, 0.15) is 23.5 Å². The Morgan fingerprint density at radius 3 is 2.39 bits per heavy atom. The molecule has 0 N–H and O–H groups in total. The topological polar surface area (TPSA) is 89.8 Å². The van der Waals surface area contributed by atoms with E-state index in [0.717, 1.165) is 11.4 Å². The van der Waals surface area contributed by atoms with E-state index in [2.05, 4.69) is 16.0 Å². The van der Waals surface area contributed by atoms with Crippen LogP contribution in [0.4, 0.5) is 15.0 Å². The van der Waals surface area contributed by atoms with Crippen LogP contribution in [0.2, 0.25) is 5.02 Å². The summed E-state index contributed by atoms with van der Waals surface area (Å²) in [4.78, 5) is 37.1. The quantitative estimate of drug-likeness (QED) is 0.387. The maximum absolute atomic E-state index is 13.8. The van der Waals surface area contributed by atoms with Crippen LogP contribution < -0.4 is 9.64 Å². The Morgan fingerprint density at radius 1 is 1.07 bits per heavy atom. The van der Waals surface area contributed by atoms with Gasteiger partial charge in [0.15, 0.2) is 0 Å². The lowest BCUT2D eigenvalue weighted by atomic mass is 9.93. The molecule has 8 nitrogen and oxygen atoms in total. The van der Waals surface area contributed by atoms with Crippen LogP contribution in [0.5, 0.6) is 5.75 Å². The number of aromatic nitrogens is 1. The Balaban J connectivity index is 1.30. The van der Waals surface area contributed by atoms with Crippen LogP contribution in [0.1, 0.15) is 36.8 Å². The summed E-state index contributed by atoms with van der Waals surface area (Å²) in [6.07, 6.45) is 2.41. The number of piperidine rings is 1. The predicted molar refractivity (Wildman–Crippen MR) is 153 cm³/mol. The van der Waals surface area contributed by atoms with Crippen LogP contribution in [0.15, 0.2) is 66.9 Å². The predicted octanol–water partition coefficient (Wildman–Crippen LogP) is 5.48. The summed E-state index contributed by atoms with van der Waals surface area (Å²) in [6.45, 7) is 4.50. The molecule has 5 rings (SSSR count). The zero-order valence-electron chi connectivity index (χ0n) is 22.7. The van der Waals surface area contributed by atoms with Crippen molar-refractivity contribution in [3.8, 4) is 11.8 Å². The van der Waals surface area contributed by atoms with Gasteiger partial charge in [-0.15, -0.1) is 0 Å². The van der Waals surface area contributed by atoms with E-state index in [-0.39, 0.29) is 29.5 Å². The average molecular weight is 576 g/mol. The van der Waals surface area contributed by atoms with E-state index < -0.39 is 11.9 Å². The fourth-order valence-corrected chi connectivity index (χ4v) is 5.86. The molecule has 2 aromatic carbocycles. The number of nitriles is 1. The first-order valence-corrected chi connectivity index (χ1v) is 14.1. The molecule has 1 aromatic heterocycles. The zero-order chi connectivity index (χ0) is 28.9. The molecule has 2 saturated heterocycles. The number of hydrogen-bond acceptors (Lipinski definition) is 6. The van der Waals surface area contributed by atoms with Crippen molar-refractivity contribution in [1.82, 2.24) is 14.8 Å². The number of halogens is 2. The van der Waals surface area contributed by atoms with Gasteiger partial charge in [-0.2, -0.15) is 5.26 Å². The summed E-state index contributed by atoms with van der Waals surface area (Å²) >= 11 is 6.15. The molecule has 0 radical (unpaired) electrons. The van der Waals surface area contributed by atoms with E-state index in [1.54, 1.807) is 17.2 Å². The SMILES string of the molecule is CCN(C(=O)Oc1ccc(F)cc1)C1CN(C(=O)C2CCN(c3ccc(C#N)cn3)CC2)CC1c1ccc(Cl)cc1. The van der Waals surface area contributed by atoms with Crippen LogP contribution in [-0.2, 0) is 4.79 Å². The molecule has 0 aliphatic carbocycles. The second-order valence-electron chi connectivity index (χ2n) is 10.4. The van der Waals surface area contributed by atoms with E-state index in [1.165, 1.54) is 24.3 Å². The number of pyridine rings is 1. The van der Waals surface area contributed by atoms with E-state index >= 15 is 0 Å². The van der Waals surface area contributed by atoms with Gasteiger partial charge < -0.3 is 19.4 Å². The number of carbonyl (C=O) groups is 2. The third-order valence-electron chi connectivity index (χ3n) is 7.94. The van der Waals surface area contributed by atoms with Crippen molar-refractivity contribution < 1.29 is 18.7 Å². The van der Waals surface area contributed by atoms with Gasteiger partial charge in [-0.25, -0.2) is 14.2 Å². The molecule has 0 spiro atoms. The molecule has 2 aliphatic heterocycles. The number of amides is 2. The highest BCUT2D eigenvalue weighted by Gasteiger charge is 2.43. The largest absolute Gasteiger partial charge is 0.415 e. The van der Waals surface area contributed by atoms with Gasteiger partial charge in [0.25, 0.3) is 0 Å². The van der Waals surface area contributed by atoms with Gasteiger partial charge in [0, 0.05) is 55.8 Å². The molecule has 2 atom stereocenters. The third-order valence-corrected chi connectivity index (χ3v) is 8.19. The molecule has 10 heteroatoms. The highest BCUT2D eigenvalue weighted by atomic mass is 35.5. The van der Waals surface area contributed by atoms with Gasteiger partial charge in [0.05, 0.1) is 11.6 Å². The second-order valence-corrected chi connectivity index (χ2v) is 10.8. The molecule has 2 unspecified atom stereocenters. The molecule has 2 fully saturated rings. The molecule has 212 valence electrons. The number of nitrogens with zero attached hydrogens (tertiary/aromatic N) is 5. The van der Waals surface area contributed by atoms with Crippen molar-refractivity contribution >= 4 is 29.4 Å². The van der Waals surface area contributed by atoms with E-state index in [9.17, 15) is 14.0 Å². The molecule has 3 aromatic rings. The Bertz CT molecular complexity index is 1400. The minimum Gasteiger partial charge on any atom is -0.410 e. The van der Waals surface area contributed by atoms with Gasteiger partial charge in [-0.05, 0) is 73.9 Å². The maximum atomic E-state index is 13.8. The first kappa shape index (κ1) is 28.4. The molecule has 0 saturated carbocycles. The number of likely N-dealkylation sites (N-methyl/N-ethyl adjacent to an activating group) is 1. The Kier molecular flexibility index (Phi) is 8.70. The molecular weight excluding hydrogens is 545 g/mol.